The van der Waals surface area contributed by atoms with E-state index in [0.717, 1.165) is 5.56 Å². The van der Waals surface area contributed by atoms with Gasteiger partial charge in [-0.05, 0) is 17.9 Å². The van der Waals surface area contributed by atoms with Crippen LogP contribution >= 0.6 is 0 Å². The van der Waals surface area contributed by atoms with Gasteiger partial charge >= 0.3 is 0 Å². The molecule has 4 heteroatoms. The van der Waals surface area contributed by atoms with Gasteiger partial charge in [0.2, 0.25) is 5.91 Å². The lowest BCUT2D eigenvalue weighted by Gasteiger charge is -2.35. The summed E-state index contributed by atoms with van der Waals surface area (Å²) in [5.41, 5.74) is 6.83. The molecule has 1 amide bonds. The number of nitrogens with zero attached hydrogens (tertiary/aromatic N) is 1. The Bertz CT molecular complexity index is 408. The number of nitrogens with two attached hydrogens (primary N) is 1. The zero-order chi connectivity index (χ0) is 13.1. The molecule has 1 aliphatic rings. The molecule has 0 saturated carbocycles. The third-order valence-corrected chi connectivity index (χ3v) is 3.60. The monoisotopic (exact) mass is 248 g/mol. The predicted octanol–water partition coefficient (Wildman–Crippen LogP) is 0.916. The van der Waals surface area contributed by atoms with E-state index in [1.54, 1.807) is 4.90 Å². The number of piperidine rings is 1. The van der Waals surface area contributed by atoms with Gasteiger partial charge in [-0.1, -0.05) is 37.3 Å². The van der Waals surface area contributed by atoms with Crippen molar-refractivity contribution < 1.29 is 9.90 Å². The van der Waals surface area contributed by atoms with Crippen LogP contribution in [0.4, 0.5) is 0 Å². The fourth-order valence-corrected chi connectivity index (χ4v) is 2.33. The molecule has 1 saturated heterocycles. The molecule has 1 aromatic carbocycles. The van der Waals surface area contributed by atoms with Gasteiger partial charge in [-0.25, -0.2) is 0 Å². The Labute approximate surface area is 107 Å². The van der Waals surface area contributed by atoms with Crippen molar-refractivity contribution >= 4 is 5.91 Å². The van der Waals surface area contributed by atoms with Crippen LogP contribution in [0.5, 0.6) is 0 Å². The highest BCUT2D eigenvalue weighted by Gasteiger charge is 2.30. The van der Waals surface area contributed by atoms with Crippen molar-refractivity contribution in [2.45, 2.75) is 25.5 Å². The van der Waals surface area contributed by atoms with Gasteiger partial charge in [0.15, 0.2) is 0 Å². The highest BCUT2D eigenvalue weighted by atomic mass is 16.3. The number of aliphatic hydroxyl groups is 1. The number of amides is 1. The lowest BCUT2D eigenvalue weighted by molar-refractivity contribution is -0.136. The molecule has 0 aromatic heterocycles. The van der Waals surface area contributed by atoms with Crippen LogP contribution in [0.15, 0.2) is 30.3 Å². The minimum absolute atomic E-state index is 0.0556. The Morgan fingerprint density at radius 1 is 1.44 bits per heavy atom. The molecule has 2 unspecified atom stereocenters. The zero-order valence-electron chi connectivity index (χ0n) is 10.6. The van der Waals surface area contributed by atoms with Gasteiger partial charge in [0.25, 0.3) is 0 Å². The standard InChI is InChI=1S/C14H20N2O2/c1-10-9-16(8-7-12(10)17)14(18)13(15)11-5-3-2-4-6-11/h2-6,10,12-13,17H,7-9,15H2,1H3/t10?,12?,13-/m0/s1. The van der Waals surface area contributed by atoms with Gasteiger partial charge in [-0.2, -0.15) is 0 Å². The van der Waals surface area contributed by atoms with Crippen molar-refractivity contribution in [3.8, 4) is 0 Å². The van der Waals surface area contributed by atoms with Gasteiger partial charge in [-0.3, -0.25) is 4.79 Å². The number of hydrogen-bond acceptors (Lipinski definition) is 3. The molecule has 1 aliphatic heterocycles. The number of carbonyl (C=O) groups excluding carboxylic acids is 1. The van der Waals surface area contributed by atoms with Crippen LogP contribution in [-0.4, -0.2) is 35.1 Å². The first-order valence-electron chi connectivity index (χ1n) is 6.37. The molecule has 2 rings (SSSR count). The van der Waals surface area contributed by atoms with Crippen molar-refractivity contribution in [3.63, 3.8) is 0 Å². The third kappa shape index (κ3) is 2.71. The van der Waals surface area contributed by atoms with E-state index in [2.05, 4.69) is 0 Å². The van der Waals surface area contributed by atoms with Crippen molar-refractivity contribution in [2.24, 2.45) is 11.7 Å². The van der Waals surface area contributed by atoms with Gasteiger partial charge in [-0.15, -0.1) is 0 Å². The summed E-state index contributed by atoms with van der Waals surface area (Å²) in [5.74, 6) is 0.0608. The lowest BCUT2D eigenvalue weighted by Crippen LogP contribution is -2.48. The van der Waals surface area contributed by atoms with Crippen LogP contribution in [0.25, 0.3) is 0 Å². The number of benzene rings is 1. The van der Waals surface area contributed by atoms with E-state index in [-0.39, 0.29) is 17.9 Å². The Morgan fingerprint density at radius 2 is 2.11 bits per heavy atom. The maximum atomic E-state index is 12.3. The van der Waals surface area contributed by atoms with E-state index in [0.29, 0.717) is 19.5 Å². The molecule has 98 valence electrons. The summed E-state index contributed by atoms with van der Waals surface area (Å²) in [6, 6.07) is 8.79. The van der Waals surface area contributed by atoms with E-state index in [1.165, 1.54) is 0 Å². The second-order valence-corrected chi connectivity index (χ2v) is 5.01. The van der Waals surface area contributed by atoms with E-state index >= 15 is 0 Å². The van der Waals surface area contributed by atoms with Crippen molar-refractivity contribution in [1.29, 1.82) is 0 Å². The van der Waals surface area contributed by atoms with Gasteiger partial charge in [0.1, 0.15) is 6.04 Å². The average molecular weight is 248 g/mol. The number of rotatable bonds is 2. The molecule has 0 aliphatic carbocycles. The topological polar surface area (TPSA) is 66.6 Å². The minimum Gasteiger partial charge on any atom is -0.393 e. The summed E-state index contributed by atoms with van der Waals surface area (Å²) in [7, 11) is 0. The summed E-state index contributed by atoms with van der Waals surface area (Å²) in [4.78, 5) is 14.0. The van der Waals surface area contributed by atoms with E-state index < -0.39 is 6.04 Å². The first-order chi connectivity index (χ1) is 8.59. The molecule has 1 heterocycles. The fourth-order valence-electron chi connectivity index (χ4n) is 2.33. The van der Waals surface area contributed by atoms with E-state index in [4.69, 9.17) is 5.73 Å². The van der Waals surface area contributed by atoms with Crippen molar-refractivity contribution in [3.05, 3.63) is 35.9 Å². The van der Waals surface area contributed by atoms with E-state index in [9.17, 15) is 9.90 Å². The van der Waals surface area contributed by atoms with Gasteiger partial charge < -0.3 is 15.7 Å². The predicted molar refractivity (Wildman–Crippen MR) is 69.7 cm³/mol. The summed E-state index contributed by atoms with van der Waals surface area (Å²) in [5, 5.41) is 9.66. The van der Waals surface area contributed by atoms with Crippen molar-refractivity contribution in [1.82, 2.24) is 4.90 Å². The lowest BCUT2D eigenvalue weighted by atomic mass is 9.95. The minimum atomic E-state index is -0.603. The number of carbonyl (C=O) groups is 1. The Hall–Kier alpha value is -1.39. The number of likely N-dealkylation sites (tertiary alicyclic amines) is 1. The van der Waals surface area contributed by atoms with Crippen LogP contribution < -0.4 is 5.73 Å². The summed E-state index contributed by atoms with van der Waals surface area (Å²) < 4.78 is 0. The molecule has 3 N–H and O–H groups in total. The van der Waals surface area contributed by atoms with Crippen LogP contribution in [0.2, 0.25) is 0 Å². The number of aliphatic hydroxyl groups excluding tert-OH is 1. The molecular weight excluding hydrogens is 228 g/mol. The molecule has 3 atom stereocenters. The summed E-state index contributed by atoms with van der Waals surface area (Å²) >= 11 is 0. The highest BCUT2D eigenvalue weighted by Crippen LogP contribution is 2.20. The maximum absolute atomic E-state index is 12.3. The van der Waals surface area contributed by atoms with Crippen LogP contribution in [0, 0.1) is 5.92 Å². The molecule has 18 heavy (non-hydrogen) atoms. The van der Waals surface area contributed by atoms with Crippen LogP contribution in [0.3, 0.4) is 0 Å². The summed E-state index contributed by atoms with van der Waals surface area (Å²) in [6.45, 7) is 3.13. The molecule has 0 spiro atoms. The first-order valence-corrected chi connectivity index (χ1v) is 6.37. The highest BCUT2D eigenvalue weighted by molar-refractivity contribution is 5.83. The molecule has 0 radical (unpaired) electrons. The molecule has 1 aromatic rings. The SMILES string of the molecule is CC1CN(C(=O)[C@@H](N)c2ccccc2)CCC1O. The Kier molecular flexibility index (Phi) is 3.99. The number of hydrogen-bond donors (Lipinski definition) is 2. The summed E-state index contributed by atoms with van der Waals surface area (Å²) in [6.07, 6.45) is 0.330. The van der Waals surface area contributed by atoms with Gasteiger partial charge in [0.05, 0.1) is 6.10 Å². The Balaban J connectivity index is 2.03. The van der Waals surface area contributed by atoms with Gasteiger partial charge in [0, 0.05) is 13.1 Å². The smallest absolute Gasteiger partial charge is 0.244 e. The average Bonchev–Trinajstić information content (AvgIpc) is 2.41. The maximum Gasteiger partial charge on any atom is 0.244 e. The normalized spacial score (nSPS) is 25.8. The quantitative estimate of drug-likeness (QED) is 0.817. The zero-order valence-corrected chi connectivity index (χ0v) is 10.6. The molecule has 1 fully saturated rings. The third-order valence-electron chi connectivity index (χ3n) is 3.60. The first kappa shape index (κ1) is 13.1. The van der Waals surface area contributed by atoms with E-state index in [1.807, 2.05) is 37.3 Å². The van der Waals surface area contributed by atoms with Crippen molar-refractivity contribution in [2.75, 3.05) is 13.1 Å². The second-order valence-electron chi connectivity index (χ2n) is 5.01. The van der Waals surface area contributed by atoms with Crippen LogP contribution in [-0.2, 0) is 4.79 Å². The fraction of sp³-hybridized carbons (Fsp3) is 0.500. The molecule has 0 bridgehead atoms. The van der Waals surface area contributed by atoms with Crippen LogP contribution in [0.1, 0.15) is 24.9 Å². The molecular formula is C14H20N2O2. The molecule has 4 nitrogen and oxygen atoms in total. The largest absolute Gasteiger partial charge is 0.393 e. The second kappa shape index (κ2) is 5.50. The Morgan fingerprint density at radius 3 is 2.72 bits per heavy atom.